The van der Waals surface area contributed by atoms with E-state index in [0.29, 0.717) is 41.6 Å². The van der Waals surface area contributed by atoms with Gasteiger partial charge in [-0.1, -0.05) is 31.4 Å². The van der Waals surface area contributed by atoms with Gasteiger partial charge in [-0.3, -0.25) is 24.0 Å². The van der Waals surface area contributed by atoms with Gasteiger partial charge >= 0.3 is 6.18 Å². The number of rotatable bonds is 14. The maximum Gasteiger partial charge on any atom is 0.417 e. The molecule has 0 unspecified atom stereocenters. The number of H-pyrrole nitrogens is 1. The van der Waals surface area contributed by atoms with Crippen LogP contribution >= 0.6 is 12.2 Å². The van der Waals surface area contributed by atoms with Crippen molar-refractivity contribution >= 4 is 62.7 Å². The Labute approximate surface area is 379 Å². The van der Waals surface area contributed by atoms with Crippen molar-refractivity contribution in [3.05, 3.63) is 135 Å². The number of carbonyl (C=O) groups excluding carboxylic acids is 2. The number of thiocarbonyl (C=S) groups is 1. The quantitative estimate of drug-likeness (QED) is 0.0470. The summed E-state index contributed by atoms with van der Waals surface area (Å²) >= 11 is 5.54. The predicted molar refractivity (Wildman–Crippen MR) is 241 cm³/mol. The standard InChI is InChI=1S/C46H42F5N11O3S/c1-45(2)43(65)61(29-14-11-26(23-52)33(21-29)46(49,50)51)44(66)62(45)30-15-16-31(34(48)22-30)41(63)54-18-8-6-4-5-7-17-53-28-12-9-25(10-13-28)38-37(40-55-24-56-60(40)3)39-36-32(42(64)59-58-39)19-27(47)20-35(36)57-38/h9-16,19-22,24,37-38,53,57H,4-8,17-18H2,1-3H3,(H,54,63)(H,59,64)/t37-,38-/m1/s1. The summed E-state index contributed by atoms with van der Waals surface area (Å²) in [5.41, 5.74) is -1.21. The highest BCUT2D eigenvalue weighted by molar-refractivity contribution is 7.81. The van der Waals surface area contributed by atoms with E-state index in [2.05, 4.69) is 36.2 Å². The molecule has 2 aliphatic rings. The summed E-state index contributed by atoms with van der Waals surface area (Å²) in [6.45, 7) is 4.03. The highest BCUT2D eigenvalue weighted by Gasteiger charge is 2.51. The van der Waals surface area contributed by atoms with Gasteiger partial charge in [0.2, 0.25) is 0 Å². The van der Waals surface area contributed by atoms with Crippen LogP contribution in [0.2, 0.25) is 0 Å². The van der Waals surface area contributed by atoms with Gasteiger partial charge in [0, 0.05) is 42.6 Å². The van der Waals surface area contributed by atoms with Crippen LogP contribution in [0.25, 0.3) is 10.8 Å². The number of carbonyl (C=O) groups is 2. The first kappa shape index (κ1) is 45.3. The van der Waals surface area contributed by atoms with Crippen LogP contribution in [0.15, 0.2) is 83.9 Å². The third-order valence-electron chi connectivity index (χ3n) is 11.9. The zero-order chi connectivity index (χ0) is 47.1. The highest BCUT2D eigenvalue weighted by Crippen LogP contribution is 2.46. The van der Waals surface area contributed by atoms with Crippen molar-refractivity contribution in [2.75, 3.05) is 33.5 Å². The molecule has 1 saturated heterocycles. The Kier molecular flexibility index (Phi) is 12.3. The number of alkyl halides is 3. The molecule has 8 rings (SSSR count). The van der Waals surface area contributed by atoms with Crippen molar-refractivity contribution in [2.45, 2.75) is 69.6 Å². The van der Waals surface area contributed by atoms with Crippen LogP contribution in [0.4, 0.5) is 44.7 Å². The molecule has 340 valence electrons. The molecule has 20 heteroatoms. The maximum absolute atomic E-state index is 15.5. The first-order valence-corrected chi connectivity index (χ1v) is 21.4. The van der Waals surface area contributed by atoms with Crippen molar-refractivity contribution in [1.82, 2.24) is 30.3 Å². The van der Waals surface area contributed by atoms with Crippen LogP contribution in [0, 0.1) is 23.0 Å². The normalized spacial score (nSPS) is 16.7. The molecule has 1 fully saturated rings. The first-order valence-electron chi connectivity index (χ1n) is 21.0. The topological polar surface area (TPSA) is 177 Å². The smallest absolute Gasteiger partial charge is 0.385 e. The molecule has 0 saturated carbocycles. The second kappa shape index (κ2) is 18.0. The fourth-order valence-corrected chi connectivity index (χ4v) is 9.10. The Morgan fingerprint density at radius 2 is 1.65 bits per heavy atom. The number of unbranched alkanes of at least 4 members (excludes halogenated alkanes) is 4. The predicted octanol–water partition coefficient (Wildman–Crippen LogP) is 8.23. The summed E-state index contributed by atoms with van der Waals surface area (Å²) in [6, 6.07) is 18.1. The number of nitrogens with one attached hydrogen (secondary N) is 4. The van der Waals surface area contributed by atoms with Crippen LogP contribution in [-0.2, 0) is 18.0 Å². The second-order valence-electron chi connectivity index (χ2n) is 16.5. The Bertz CT molecular complexity index is 2980. The summed E-state index contributed by atoms with van der Waals surface area (Å²) in [5.74, 6) is -2.53. The van der Waals surface area contributed by atoms with Crippen LogP contribution < -0.4 is 31.3 Å². The van der Waals surface area contributed by atoms with Crippen LogP contribution in [-0.4, -0.2) is 60.5 Å². The lowest BCUT2D eigenvalue weighted by Crippen LogP contribution is -2.44. The van der Waals surface area contributed by atoms with E-state index in [1.54, 1.807) is 11.7 Å². The number of halogens is 5. The van der Waals surface area contributed by atoms with Gasteiger partial charge in [0.25, 0.3) is 17.4 Å². The molecule has 66 heavy (non-hydrogen) atoms. The minimum atomic E-state index is -4.86. The number of nitrogens with zero attached hydrogens (tertiary/aromatic N) is 7. The zero-order valence-corrected chi connectivity index (χ0v) is 36.6. The van der Waals surface area contributed by atoms with Gasteiger partial charge in [0.1, 0.15) is 29.3 Å². The molecule has 4 heterocycles. The number of benzene rings is 4. The average Bonchev–Trinajstić information content (AvgIpc) is 3.78. The van der Waals surface area contributed by atoms with Gasteiger partial charge in [0.15, 0.2) is 5.11 Å². The third-order valence-corrected chi connectivity index (χ3v) is 12.3. The first-order chi connectivity index (χ1) is 31.5. The van der Waals surface area contributed by atoms with Gasteiger partial charge in [-0.05, 0) is 105 Å². The van der Waals surface area contributed by atoms with Gasteiger partial charge < -0.3 is 20.9 Å². The number of aromatic amines is 1. The Hall–Kier alpha value is -7.27. The molecule has 0 spiro atoms. The lowest BCUT2D eigenvalue weighted by atomic mass is 9.83. The van der Waals surface area contributed by atoms with Crippen molar-refractivity contribution in [1.29, 1.82) is 5.26 Å². The molecule has 0 bridgehead atoms. The molecular formula is C46H42F5N11O3S. The van der Waals surface area contributed by atoms with E-state index in [1.807, 2.05) is 24.3 Å². The van der Waals surface area contributed by atoms with Gasteiger partial charge in [-0.25, -0.2) is 18.9 Å². The van der Waals surface area contributed by atoms with E-state index >= 15 is 4.39 Å². The Morgan fingerprint density at radius 3 is 2.33 bits per heavy atom. The van der Waals surface area contributed by atoms with E-state index in [-0.39, 0.29) is 27.4 Å². The summed E-state index contributed by atoms with van der Waals surface area (Å²) in [5, 5.41) is 30.5. The second-order valence-corrected chi connectivity index (χ2v) is 16.9. The monoisotopic (exact) mass is 923 g/mol. The lowest BCUT2D eigenvalue weighted by Gasteiger charge is -2.33. The van der Waals surface area contributed by atoms with Crippen LogP contribution in [0.5, 0.6) is 0 Å². The van der Waals surface area contributed by atoms with Crippen molar-refractivity contribution in [3.63, 3.8) is 0 Å². The number of hydrogen-bond acceptors (Lipinski definition) is 10. The minimum Gasteiger partial charge on any atom is -0.385 e. The molecule has 2 amide bonds. The molecule has 4 aromatic carbocycles. The number of anilines is 4. The number of amides is 2. The fourth-order valence-electron chi connectivity index (χ4n) is 8.58. The van der Waals surface area contributed by atoms with Crippen molar-refractivity contribution in [3.8, 4) is 6.07 Å². The SMILES string of the molecule is Cn1ncnc1[C@H]1c2n[nH]c(=O)c3cc(F)cc(c23)N[C@@H]1c1ccc(NCCCCCCCNC(=O)c2ccc(N3C(=S)N(c4ccc(C#N)c(C(F)(F)F)c4)C(=O)C3(C)C)cc2F)cc1. The van der Waals surface area contributed by atoms with E-state index < -0.39 is 63.8 Å². The van der Waals surface area contributed by atoms with E-state index in [0.717, 1.165) is 60.5 Å². The zero-order valence-electron chi connectivity index (χ0n) is 35.8. The molecule has 4 N–H and O–H groups in total. The Balaban J connectivity index is 0.798. The van der Waals surface area contributed by atoms with Crippen molar-refractivity contribution < 1.29 is 31.5 Å². The highest BCUT2D eigenvalue weighted by atomic mass is 32.1. The minimum absolute atomic E-state index is 0.122. The van der Waals surface area contributed by atoms with Crippen LogP contribution in [0.1, 0.15) is 96.5 Å². The molecular weight excluding hydrogens is 882 g/mol. The summed E-state index contributed by atoms with van der Waals surface area (Å²) in [6.07, 6.45) is 0.821. The molecule has 2 atom stereocenters. The molecule has 14 nitrogen and oxygen atoms in total. The Morgan fingerprint density at radius 1 is 0.939 bits per heavy atom. The van der Waals surface area contributed by atoms with Gasteiger partial charge in [0.05, 0.1) is 51.5 Å². The maximum atomic E-state index is 15.5. The summed E-state index contributed by atoms with van der Waals surface area (Å²) in [4.78, 5) is 45.8. The molecule has 0 aliphatic carbocycles. The number of hydrogen-bond donors (Lipinski definition) is 4. The molecule has 6 aromatic rings. The third kappa shape index (κ3) is 8.53. The fraction of sp³-hybridized carbons (Fsp3) is 0.304. The summed E-state index contributed by atoms with van der Waals surface area (Å²) < 4.78 is 72.9. The van der Waals surface area contributed by atoms with E-state index in [4.69, 9.17) is 12.2 Å². The number of aryl methyl sites for hydroxylation is 1. The number of nitriles is 1. The van der Waals surface area contributed by atoms with E-state index in [1.165, 1.54) is 61.5 Å². The molecule has 2 aromatic heterocycles. The summed E-state index contributed by atoms with van der Waals surface area (Å²) in [7, 11) is 1.78. The number of aromatic nitrogens is 5. The largest absolute Gasteiger partial charge is 0.417 e. The van der Waals surface area contributed by atoms with Crippen molar-refractivity contribution in [2.24, 2.45) is 7.05 Å². The molecule has 2 aliphatic heterocycles. The lowest BCUT2D eigenvalue weighted by molar-refractivity contribution is -0.137. The molecule has 0 radical (unpaired) electrons. The van der Waals surface area contributed by atoms with Gasteiger partial charge in [-0.15, -0.1) is 0 Å². The van der Waals surface area contributed by atoms with Gasteiger partial charge in [-0.2, -0.15) is 28.6 Å². The van der Waals surface area contributed by atoms with Crippen LogP contribution in [0.3, 0.4) is 0 Å². The van der Waals surface area contributed by atoms with E-state index in [9.17, 15) is 37.2 Å². The average molecular weight is 924 g/mol.